The van der Waals surface area contributed by atoms with Gasteiger partial charge in [0.2, 0.25) is 0 Å². The van der Waals surface area contributed by atoms with Gasteiger partial charge in [-0.2, -0.15) is 0 Å². The van der Waals surface area contributed by atoms with E-state index in [1.807, 2.05) is 49.4 Å². The third kappa shape index (κ3) is 4.68. The zero-order valence-corrected chi connectivity index (χ0v) is 16.6. The van der Waals surface area contributed by atoms with Crippen molar-refractivity contribution in [2.75, 3.05) is 28.6 Å². The summed E-state index contributed by atoms with van der Waals surface area (Å²) in [5.74, 6) is -0.178. The summed E-state index contributed by atoms with van der Waals surface area (Å²) in [6, 6.07) is 17.7. The summed E-state index contributed by atoms with van der Waals surface area (Å²) in [4.78, 5) is 19.2. The minimum Gasteiger partial charge on any atom is -0.372 e. The zero-order chi connectivity index (χ0) is 19.9. The van der Waals surface area contributed by atoms with Crippen molar-refractivity contribution in [3.63, 3.8) is 0 Å². The van der Waals surface area contributed by atoms with Gasteiger partial charge in [0.05, 0.1) is 17.4 Å². The third-order valence-electron chi connectivity index (χ3n) is 4.65. The van der Waals surface area contributed by atoms with E-state index in [9.17, 15) is 4.79 Å². The van der Waals surface area contributed by atoms with Gasteiger partial charge in [0.25, 0.3) is 5.91 Å². The number of aryl methyl sites for hydroxylation is 1. The number of benzene rings is 2. The minimum atomic E-state index is -0.178. The van der Waals surface area contributed by atoms with Crippen LogP contribution < -0.4 is 15.5 Å². The predicted octanol–water partition coefficient (Wildman–Crippen LogP) is 5.23. The summed E-state index contributed by atoms with van der Waals surface area (Å²) in [6.07, 6.45) is 3.28. The average Bonchev–Trinajstić information content (AvgIpc) is 2.72. The first kappa shape index (κ1) is 19.4. The Bertz CT molecular complexity index is 936. The highest BCUT2D eigenvalue weighted by molar-refractivity contribution is 6.05. The molecule has 0 saturated carbocycles. The van der Waals surface area contributed by atoms with Gasteiger partial charge in [0, 0.05) is 36.3 Å². The van der Waals surface area contributed by atoms with Crippen LogP contribution in [0.2, 0.25) is 0 Å². The summed E-state index contributed by atoms with van der Waals surface area (Å²) >= 11 is 0. The second kappa shape index (κ2) is 9.04. The highest BCUT2D eigenvalue weighted by atomic mass is 16.1. The molecule has 0 aliphatic rings. The van der Waals surface area contributed by atoms with Gasteiger partial charge in [-0.3, -0.25) is 9.78 Å². The summed E-state index contributed by atoms with van der Waals surface area (Å²) in [7, 11) is 0. The lowest BCUT2D eigenvalue weighted by Gasteiger charge is -2.22. The first-order chi connectivity index (χ1) is 13.6. The lowest BCUT2D eigenvalue weighted by molar-refractivity contribution is 0.102. The zero-order valence-electron chi connectivity index (χ0n) is 16.6. The first-order valence-corrected chi connectivity index (χ1v) is 9.54. The van der Waals surface area contributed by atoms with Crippen molar-refractivity contribution in [1.29, 1.82) is 0 Å². The molecule has 5 heteroatoms. The number of rotatable bonds is 7. The van der Waals surface area contributed by atoms with E-state index < -0.39 is 0 Å². The number of amides is 1. The molecule has 0 radical (unpaired) electrons. The molecule has 3 aromatic rings. The maximum absolute atomic E-state index is 12.7. The molecule has 2 aromatic carbocycles. The molecule has 0 aliphatic heterocycles. The summed E-state index contributed by atoms with van der Waals surface area (Å²) < 4.78 is 0. The number of carbonyl (C=O) groups excluding carboxylic acids is 1. The van der Waals surface area contributed by atoms with Crippen LogP contribution in [0, 0.1) is 6.92 Å². The number of carbonyl (C=O) groups is 1. The van der Waals surface area contributed by atoms with Crippen molar-refractivity contribution in [1.82, 2.24) is 4.98 Å². The second-order valence-electron chi connectivity index (χ2n) is 6.58. The quantitative estimate of drug-likeness (QED) is 0.594. The number of hydrogen-bond acceptors (Lipinski definition) is 4. The van der Waals surface area contributed by atoms with Crippen LogP contribution in [-0.2, 0) is 0 Å². The maximum Gasteiger partial charge on any atom is 0.257 e. The fourth-order valence-corrected chi connectivity index (χ4v) is 3.09. The number of anilines is 4. The van der Waals surface area contributed by atoms with Gasteiger partial charge >= 0.3 is 0 Å². The van der Waals surface area contributed by atoms with Gasteiger partial charge in [0.1, 0.15) is 0 Å². The Labute approximate surface area is 166 Å². The number of para-hydroxylation sites is 1. The molecule has 0 bridgehead atoms. The van der Waals surface area contributed by atoms with Crippen LogP contribution in [0.4, 0.5) is 22.7 Å². The van der Waals surface area contributed by atoms with Gasteiger partial charge < -0.3 is 15.5 Å². The van der Waals surface area contributed by atoms with E-state index in [1.165, 1.54) is 0 Å². The molecule has 0 spiro atoms. The monoisotopic (exact) mass is 374 g/mol. The highest BCUT2D eigenvalue weighted by Crippen LogP contribution is 2.23. The Morgan fingerprint density at radius 3 is 2.39 bits per heavy atom. The van der Waals surface area contributed by atoms with Gasteiger partial charge in [-0.05, 0) is 62.7 Å². The topological polar surface area (TPSA) is 57.3 Å². The molecule has 144 valence electrons. The van der Waals surface area contributed by atoms with Crippen molar-refractivity contribution >= 4 is 28.7 Å². The Hall–Kier alpha value is -3.34. The van der Waals surface area contributed by atoms with Crippen LogP contribution in [0.25, 0.3) is 0 Å². The lowest BCUT2D eigenvalue weighted by Crippen LogP contribution is -2.22. The van der Waals surface area contributed by atoms with Gasteiger partial charge in [-0.1, -0.05) is 18.2 Å². The fraction of sp³-hybridized carbons (Fsp3) is 0.217. The van der Waals surface area contributed by atoms with Crippen LogP contribution in [0.5, 0.6) is 0 Å². The molecular weight excluding hydrogens is 348 g/mol. The molecule has 5 nitrogen and oxygen atoms in total. The minimum absolute atomic E-state index is 0.178. The van der Waals surface area contributed by atoms with Crippen LogP contribution in [-0.4, -0.2) is 24.0 Å². The van der Waals surface area contributed by atoms with Crippen LogP contribution in [0.1, 0.15) is 29.8 Å². The molecule has 0 atom stereocenters. The molecule has 3 rings (SSSR count). The highest BCUT2D eigenvalue weighted by Gasteiger charge is 2.11. The van der Waals surface area contributed by atoms with Crippen molar-refractivity contribution in [2.45, 2.75) is 20.8 Å². The summed E-state index contributed by atoms with van der Waals surface area (Å²) in [5, 5.41) is 6.25. The van der Waals surface area contributed by atoms with Gasteiger partial charge in [-0.25, -0.2) is 0 Å². The van der Waals surface area contributed by atoms with Crippen molar-refractivity contribution < 1.29 is 4.79 Å². The van der Waals surface area contributed by atoms with Crippen LogP contribution >= 0.6 is 0 Å². The smallest absolute Gasteiger partial charge is 0.257 e. The number of nitrogens with zero attached hydrogens (tertiary/aromatic N) is 2. The molecule has 0 fully saturated rings. The van der Waals surface area contributed by atoms with Gasteiger partial charge in [-0.15, -0.1) is 0 Å². The number of hydrogen-bond donors (Lipinski definition) is 2. The Morgan fingerprint density at radius 1 is 0.964 bits per heavy atom. The van der Waals surface area contributed by atoms with E-state index in [4.69, 9.17) is 0 Å². The first-order valence-electron chi connectivity index (χ1n) is 9.54. The molecule has 2 N–H and O–H groups in total. The van der Waals surface area contributed by atoms with E-state index in [1.54, 1.807) is 18.5 Å². The van der Waals surface area contributed by atoms with Gasteiger partial charge in [0.15, 0.2) is 0 Å². The van der Waals surface area contributed by atoms with E-state index >= 15 is 0 Å². The third-order valence-corrected chi connectivity index (χ3v) is 4.65. The van der Waals surface area contributed by atoms with Crippen LogP contribution in [0.15, 0.2) is 67.0 Å². The van der Waals surface area contributed by atoms with Crippen molar-refractivity contribution in [2.24, 2.45) is 0 Å². The predicted molar refractivity (Wildman–Crippen MR) is 117 cm³/mol. The van der Waals surface area contributed by atoms with E-state index in [-0.39, 0.29) is 5.91 Å². The SMILES string of the molecule is CCN(CC)c1ccc(NC(=O)c2cncc(Nc3ccccc3)c2)c(C)c1. The number of aromatic nitrogens is 1. The normalized spacial score (nSPS) is 10.4. The van der Waals surface area contributed by atoms with E-state index in [0.29, 0.717) is 5.56 Å². The molecule has 1 amide bonds. The average molecular weight is 374 g/mol. The summed E-state index contributed by atoms with van der Waals surface area (Å²) in [6.45, 7) is 8.19. The Kier molecular flexibility index (Phi) is 6.27. The van der Waals surface area contributed by atoms with Crippen molar-refractivity contribution in [3.8, 4) is 0 Å². The maximum atomic E-state index is 12.7. The lowest BCUT2D eigenvalue weighted by atomic mass is 10.1. The second-order valence-corrected chi connectivity index (χ2v) is 6.58. The number of nitrogens with one attached hydrogen (secondary N) is 2. The van der Waals surface area contributed by atoms with E-state index in [2.05, 4.69) is 40.4 Å². The Morgan fingerprint density at radius 2 is 1.71 bits per heavy atom. The molecular formula is C23H26N4O. The molecule has 28 heavy (non-hydrogen) atoms. The van der Waals surface area contributed by atoms with Crippen LogP contribution in [0.3, 0.4) is 0 Å². The largest absolute Gasteiger partial charge is 0.372 e. The molecule has 1 aromatic heterocycles. The van der Waals surface area contributed by atoms with Crippen molar-refractivity contribution in [3.05, 3.63) is 78.1 Å². The fourth-order valence-electron chi connectivity index (χ4n) is 3.09. The summed E-state index contributed by atoms with van der Waals surface area (Å²) in [5.41, 5.74) is 5.23. The Balaban J connectivity index is 1.73. The number of pyridine rings is 1. The standard InChI is InChI=1S/C23H26N4O/c1-4-27(5-2)21-11-12-22(17(3)13-21)26-23(28)18-14-20(16-24-15-18)25-19-9-7-6-8-10-19/h6-16,25H,4-5H2,1-3H3,(H,26,28). The van der Waals surface area contributed by atoms with E-state index in [0.717, 1.165) is 41.4 Å². The molecule has 1 heterocycles. The molecule has 0 aliphatic carbocycles. The molecule has 0 unspecified atom stereocenters. The molecule has 0 saturated heterocycles.